The van der Waals surface area contributed by atoms with E-state index in [1.807, 2.05) is 20.8 Å². The summed E-state index contributed by atoms with van der Waals surface area (Å²) >= 11 is 0. The van der Waals surface area contributed by atoms with E-state index in [1.54, 1.807) is 0 Å². The first-order valence-electron chi connectivity index (χ1n) is 7.36. The SMILES string of the molecule is CC(C)(C)C(CO)CO.CC(C)(C)Cc1ccccc1. The second-order valence-electron chi connectivity index (χ2n) is 7.65. The summed E-state index contributed by atoms with van der Waals surface area (Å²) in [6, 6.07) is 10.6. The molecule has 2 N–H and O–H groups in total. The molecule has 0 aliphatic carbocycles. The lowest BCUT2D eigenvalue weighted by atomic mass is 9.82. The molecule has 20 heavy (non-hydrogen) atoms. The first kappa shape index (κ1) is 19.1. The van der Waals surface area contributed by atoms with Crippen LogP contribution in [0.4, 0.5) is 0 Å². The molecule has 1 aromatic carbocycles. The minimum absolute atomic E-state index is 0.0116. The molecule has 0 aromatic heterocycles. The predicted octanol–water partition coefficient (Wildman–Crippen LogP) is 3.91. The van der Waals surface area contributed by atoms with Gasteiger partial charge in [-0.15, -0.1) is 0 Å². The Balaban J connectivity index is 0.000000370. The Kier molecular flexibility index (Phi) is 8.07. The van der Waals surface area contributed by atoms with Gasteiger partial charge in [-0.2, -0.15) is 0 Å². The second kappa shape index (κ2) is 8.43. The Morgan fingerprint density at radius 1 is 0.850 bits per heavy atom. The molecule has 0 amide bonds. The van der Waals surface area contributed by atoms with Crippen LogP contribution < -0.4 is 0 Å². The first-order chi connectivity index (χ1) is 9.10. The third-order valence-electron chi connectivity index (χ3n) is 3.24. The van der Waals surface area contributed by atoms with Crippen LogP contribution in [0.5, 0.6) is 0 Å². The normalized spacial score (nSPS) is 12.1. The maximum absolute atomic E-state index is 8.70. The maximum Gasteiger partial charge on any atom is 0.0486 e. The Hall–Kier alpha value is -0.860. The van der Waals surface area contributed by atoms with Gasteiger partial charge in [-0.3, -0.25) is 0 Å². The predicted molar refractivity (Wildman–Crippen MR) is 86.7 cm³/mol. The monoisotopic (exact) mass is 280 g/mol. The van der Waals surface area contributed by atoms with Gasteiger partial charge in [0, 0.05) is 19.1 Å². The molecule has 0 heterocycles. The largest absolute Gasteiger partial charge is 0.396 e. The molecule has 0 fully saturated rings. The molecule has 0 radical (unpaired) electrons. The fraction of sp³-hybridized carbons (Fsp3) is 0.667. The van der Waals surface area contributed by atoms with Crippen molar-refractivity contribution in [2.75, 3.05) is 13.2 Å². The molecule has 0 saturated heterocycles. The van der Waals surface area contributed by atoms with Gasteiger partial charge in [0.05, 0.1) is 0 Å². The van der Waals surface area contributed by atoms with E-state index in [9.17, 15) is 0 Å². The van der Waals surface area contributed by atoms with Gasteiger partial charge in [0.25, 0.3) is 0 Å². The van der Waals surface area contributed by atoms with Crippen molar-refractivity contribution in [1.82, 2.24) is 0 Å². The summed E-state index contributed by atoms with van der Waals surface area (Å²) in [4.78, 5) is 0. The van der Waals surface area contributed by atoms with E-state index in [4.69, 9.17) is 10.2 Å². The van der Waals surface area contributed by atoms with Crippen molar-refractivity contribution in [3.8, 4) is 0 Å². The van der Waals surface area contributed by atoms with Gasteiger partial charge in [0.15, 0.2) is 0 Å². The number of hydrogen-bond donors (Lipinski definition) is 2. The number of aliphatic hydroxyl groups is 2. The van der Waals surface area contributed by atoms with Crippen LogP contribution in [0.25, 0.3) is 0 Å². The lowest BCUT2D eigenvalue weighted by molar-refractivity contribution is 0.0721. The van der Waals surface area contributed by atoms with Crippen molar-refractivity contribution in [3.63, 3.8) is 0 Å². The van der Waals surface area contributed by atoms with Crippen molar-refractivity contribution < 1.29 is 10.2 Å². The van der Waals surface area contributed by atoms with Gasteiger partial charge < -0.3 is 10.2 Å². The quantitative estimate of drug-likeness (QED) is 0.881. The van der Waals surface area contributed by atoms with Crippen molar-refractivity contribution in [2.24, 2.45) is 16.7 Å². The average Bonchev–Trinajstić information content (AvgIpc) is 2.28. The Morgan fingerprint density at radius 2 is 1.30 bits per heavy atom. The summed E-state index contributed by atoms with van der Waals surface area (Å²) in [5, 5.41) is 17.4. The molecule has 2 nitrogen and oxygen atoms in total. The van der Waals surface area contributed by atoms with Crippen molar-refractivity contribution in [1.29, 1.82) is 0 Å². The van der Waals surface area contributed by atoms with Crippen molar-refractivity contribution in [3.05, 3.63) is 35.9 Å². The zero-order valence-electron chi connectivity index (χ0n) is 14.0. The van der Waals surface area contributed by atoms with Crippen molar-refractivity contribution >= 4 is 0 Å². The summed E-state index contributed by atoms with van der Waals surface area (Å²) in [7, 11) is 0. The van der Waals surface area contributed by atoms with Gasteiger partial charge in [-0.1, -0.05) is 71.9 Å². The molecule has 0 spiro atoms. The Labute approximate surface area is 124 Å². The third kappa shape index (κ3) is 9.11. The summed E-state index contributed by atoms with van der Waals surface area (Å²) in [5.41, 5.74) is 1.85. The molecule has 0 unspecified atom stereocenters. The first-order valence-corrected chi connectivity index (χ1v) is 7.36. The smallest absolute Gasteiger partial charge is 0.0486 e. The van der Waals surface area contributed by atoms with E-state index < -0.39 is 0 Å². The molecule has 0 atom stereocenters. The molecule has 0 aliphatic rings. The van der Waals surface area contributed by atoms with Crippen LogP contribution in [-0.2, 0) is 6.42 Å². The molecule has 0 bridgehead atoms. The van der Waals surface area contributed by atoms with Crippen LogP contribution in [0.1, 0.15) is 47.1 Å². The Bertz CT molecular complexity index is 340. The summed E-state index contributed by atoms with van der Waals surface area (Å²) in [6.07, 6.45) is 1.16. The number of benzene rings is 1. The number of rotatable bonds is 3. The van der Waals surface area contributed by atoms with Gasteiger partial charge in [0.1, 0.15) is 0 Å². The molecule has 116 valence electrons. The van der Waals surface area contributed by atoms with Crippen LogP contribution in [0.2, 0.25) is 0 Å². The zero-order chi connectivity index (χ0) is 15.8. The van der Waals surface area contributed by atoms with E-state index in [-0.39, 0.29) is 24.5 Å². The van der Waals surface area contributed by atoms with Crippen molar-refractivity contribution in [2.45, 2.75) is 48.0 Å². The summed E-state index contributed by atoms with van der Waals surface area (Å²) < 4.78 is 0. The van der Waals surface area contributed by atoms with E-state index in [2.05, 4.69) is 51.1 Å². The molecule has 1 aromatic rings. The van der Waals surface area contributed by atoms with Gasteiger partial charge >= 0.3 is 0 Å². The molecular weight excluding hydrogens is 248 g/mol. The van der Waals surface area contributed by atoms with Crippen LogP contribution in [0.3, 0.4) is 0 Å². The average molecular weight is 280 g/mol. The topological polar surface area (TPSA) is 40.5 Å². The number of aliphatic hydroxyl groups excluding tert-OH is 2. The Morgan fingerprint density at radius 3 is 1.55 bits per heavy atom. The molecule has 0 aliphatic heterocycles. The highest BCUT2D eigenvalue weighted by Gasteiger charge is 2.22. The van der Waals surface area contributed by atoms with E-state index in [0.717, 1.165) is 6.42 Å². The van der Waals surface area contributed by atoms with Gasteiger partial charge in [-0.05, 0) is 22.8 Å². The third-order valence-corrected chi connectivity index (χ3v) is 3.24. The maximum atomic E-state index is 8.70. The standard InChI is InChI=1S/C11H16.C7H16O2/c1-11(2,3)9-10-7-5-4-6-8-10;1-7(2,3)6(4-8)5-9/h4-8H,9H2,1-3H3;6,8-9H,4-5H2,1-3H3. The summed E-state index contributed by atoms with van der Waals surface area (Å²) in [6.45, 7) is 12.9. The molecule has 0 saturated carbocycles. The highest BCUT2D eigenvalue weighted by molar-refractivity contribution is 5.15. The summed E-state index contributed by atoms with van der Waals surface area (Å²) in [5.74, 6) is 0.0116. The lowest BCUT2D eigenvalue weighted by Crippen LogP contribution is -2.26. The van der Waals surface area contributed by atoms with Crippen LogP contribution >= 0.6 is 0 Å². The highest BCUT2D eigenvalue weighted by atomic mass is 16.3. The van der Waals surface area contributed by atoms with E-state index >= 15 is 0 Å². The van der Waals surface area contributed by atoms with Gasteiger partial charge in [-0.25, -0.2) is 0 Å². The zero-order valence-corrected chi connectivity index (χ0v) is 14.0. The minimum atomic E-state index is 0.0116. The number of hydrogen-bond acceptors (Lipinski definition) is 2. The minimum Gasteiger partial charge on any atom is -0.396 e. The fourth-order valence-corrected chi connectivity index (χ4v) is 1.81. The van der Waals surface area contributed by atoms with Crippen LogP contribution in [0.15, 0.2) is 30.3 Å². The van der Waals surface area contributed by atoms with E-state index in [1.165, 1.54) is 5.56 Å². The second-order valence-corrected chi connectivity index (χ2v) is 7.65. The molecule has 2 heteroatoms. The highest BCUT2D eigenvalue weighted by Crippen LogP contribution is 2.24. The van der Waals surface area contributed by atoms with Gasteiger partial charge in [0.2, 0.25) is 0 Å². The fourth-order valence-electron chi connectivity index (χ4n) is 1.81. The lowest BCUT2D eigenvalue weighted by Gasteiger charge is -2.26. The van der Waals surface area contributed by atoms with E-state index in [0.29, 0.717) is 5.41 Å². The van der Waals surface area contributed by atoms with Crippen LogP contribution in [0, 0.1) is 16.7 Å². The molecule has 1 rings (SSSR count). The molecular formula is C18H32O2. The van der Waals surface area contributed by atoms with Crippen LogP contribution in [-0.4, -0.2) is 23.4 Å².